The van der Waals surface area contributed by atoms with Gasteiger partial charge in [0.2, 0.25) is 5.91 Å². The zero-order valence-electron chi connectivity index (χ0n) is 17.1. The highest BCUT2D eigenvalue weighted by Gasteiger charge is 2.35. The molecule has 12 heteroatoms. The lowest BCUT2D eigenvalue weighted by Crippen LogP contribution is -2.51. The standard InChI is InChI=1S/C20H22F3N5O3S/c21-20(22,23)15-1-2-16(17(13-15)28(30)31)25-6-3-14(4-7-25)18(29)26-8-10-27(11-9-26)19-24-5-12-32-19/h1-2,5,12-14H,3-4,6-11H2. The van der Waals surface area contributed by atoms with Gasteiger partial charge in [-0.25, -0.2) is 4.98 Å². The lowest BCUT2D eigenvalue weighted by molar-refractivity contribution is -0.384. The number of anilines is 2. The molecule has 0 bridgehead atoms. The van der Waals surface area contributed by atoms with Crippen LogP contribution in [0.15, 0.2) is 29.8 Å². The molecule has 3 heterocycles. The van der Waals surface area contributed by atoms with Crippen molar-refractivity contribution in [2.75, 3.05) is 49.1 Å². The van der Waals surface area contributed by atoms with Crippen LogP contribution >= 0.6 is 11.3 Å². The number of benzene rings is 1. The number of rotatable bonds is 4. The van der Waals surface area contributed by atoms with Gasteiger partial charge >= 0.3 is 6.18 Å². The number of alkyl halides is 3. The average molecular weight is 469 g/mol. The number of nitro groups is 1. The first-order valence-electron chi connectivity index (χ1n) is 10.3. The summed E-state index contributed by atoms with van der Waals surface area (Å²) < 4.78 is 38.8. The van der Waals surface area contributed by atoms with Crippen LogP contribution in [0.2, 0.25) is 0 Å². The number of piperazine rings is 1. The van der Waals surface area contributed by atoms with E-state index in [-0.39, 0.29) is 17.5 Å². The van der Waals surface area contributed by atoms with Crippen molar-refractivity contribution >= 4 is 33.8 Å². The number of thiazole rings is 1. The lowest BCUT2D eigenvalue weighted by Gasteiger charge is -2.39. The van der Waals surface area contributed by atoms with Gasteiger partial charge in [0.15, 0.2) is 5.13 Å². The van der Waals surface area contributed by atoms with Crippen molar-refractivity contribution in [2.45, 2.75) is 19.0 Å². The summed E-state index contributed by atoms with van der Waals surface area (Å²) in [6, 6.07) is 2.59. The van der Waals surface area contributed by atoms with Crippen LogP contribution in [0, 0.1) is 16.0 Å². The third-order valence-electron chi connectivity index (χ3n) is 5.97. The summed E-state index contributed by atoms with van der Waals surface area (Å²) in [6.45, 7) is 3.42. The highest BCUT2D eigenvalue weighted by Crippen LogP contribution is 2.38. The van der Waals surface area contributed by atoms with Crippen LogP contribution in [0.25, 0.3) is 0 Å². The molecule has 172 valence electrons. The Bertz CT molecular complexity index is 969. The molecule has 0 spiro atoms. The maximum absolute atomic E-state index is 13.0. The molecule has 0 saturated carbocycles. The largest absolute Gasteiger partial charge is 0.416 e. The van der Waals surface area contributed by atoms with Gasteiger partial charge in [-0.15, -0.1) is 11.3 Å². The summed E-state index contributed by atoms with van der Waals surface area (Å²) >= 11 is 1.57. The third-order valence-corrected chi connectivity index (χ3v) is 6.80. The van der Waals surface area contributed by atoms with Crippen LogP contribution in [-0.4, -0.2) is 60.0 Å². The second-order valence-corrected chi connectivity index (χ2v) is 8.72. The SMILES string of the molecule is O=C(C1CCN(c2ccc(C(F)(F)F)cc2[N+](=O)[O-])CC1)N1CCN(c2nccs2)CC1. The predicted octanol–water partition coefficient (Wildman–Crippen LogP) is 3.64. The number of nitrogens with zero attached hydrogens (tertiary/aromatic N) is 5. The molecule has 4 rings (SSSR count). The van der Waals surface area contributed by atoms with E-state index >= 15 is 0 Å². The minimum absolute atomic E-state index is 0.0744. The highest BCUT2D eigenvalue weighted by molar-refractivity contribution is 7.13. The van der Waals surface area contributed by atoms with Crippen molar-refractivity contribution in [3.63, 3.8) is 0 Å². The molecule has 1 aromatic carbocycles. The first-order chi connectivity index (χ1) is 15.2. The number of piperidine rings is 1. The average Bonchev–Trinajstić information content (AvgIpc) is 3.33. The second-order valence-electron chi connectivity index (χ2n) is 7.85. The van der Waals surface area contributed by atoms with Crippen LogP contribution in [0.5, 0.6) is 0 Å². The number of amides is 1. The Morgan fingerprint density at radius 3 is 2.34 bits per heavy atom. The van der Waals surface area contributed by atoms with Gasteiger partial charge in [0.1, 0.15) is 5.69 Å². The number of hydrogen-bond donors (Lipinski definition) is 0. The van der Waals surface area contributed by atoms with Gasteiger partial charge in [-0.3, -0.25) is 14.9 Å². The molecule has 0 unspecified atom stereocenters. The third kappa shape index (κ3) is 4.64. The molecule has 8 nitrogen and oxygen atoms in total. The number of carbonyl (C=O) groups excluding carboxylic acids is 1. The van der Waals surface area contributed by atoms with Gasteiger partial charge in [-0.05, 0) is 25.0 Å². The Kier molecular flexibility index (Phi) is 6.22. The summed E-state index contributed by atoms with van der Waals surface area (Å²) in [7, 11) is 0. The minimum Gasteiger partial charge on any atom is -0.366 e. The smallest absolute Gasteiger partial charge is 0.366 e. The van der Waals surface area contributed by atoms with Gasteiger partial charge in [-0.1, -0.05) is 0 Å². The molecular weight excluding hydrogens is 447 g/mol. The highest BCUT2D eigenvalue weighted by atomic mass is 32.1. The van der Waals surface area contributed by atoms with Crippen molar-refractivity contribution in [3.8, 4) is 0 Å². The molecular formula is C20H22F3N5O3S. The first-order valence-corrected chi connectivity index (χ1v) is 11.2. The molecule has 0 radical (unpaired) electrons. The van der Waals surface area contributed by atoms with Crippen LogP contribution < -0.4 is 9.80 Å². The van der Waals surface area contributed by atoms with Crippen LogP contribution in [0.1, 0.15) is 18.4 Å². The van der Waals surface area contributed by atoms with E-state index in [4.69, 9.17) is 0 Å². The van der Waals surface area contributed by atoms with Gasteiger partial charge in [0.05, 0.1) is 10.5 Å². The molecule has 1 aromatic heterocycles. The summed E-state index contributed by atoms with van der Waals surface area (Å²) in [5, 5.41) is 14.2. The molecule has 0 N–H and O–H groups in total. The molecule has 2 saturated heterocycles. The zero-order chi connectivity index (χ0) is 22.9. The Labute approximate surface area is 186 Å². The van der Waals surface area contributed by atoms with Gasteiger partial charge < -0.3 is 14.7 Å². The van der Waals surface area contributed by atoms with Crippen LogP contribution in [0.4, 0.5) is 29.7 Å². The van der Waals surface area contributed by atoms with Crippen molar-refractivity contribution in [1.29, 1.82) is 0 Å². The molecule has 32 heavy (non-hydrogen) atoms. The number of carbonyl (C=O) groups is 1. The van der Waals surface area contributed by atoms with Crippen molar-refractivity contribution in [1.82, 2.24) is 9.88 Å². The Balaban J connectivity index is 1.36. The predicted molar refractivity (Wildman–Crippen MR) is 114 cm³/mol. The van der Waals surface area contributed by atoms with E-state index in [1.807, 2.05) is 10.3 Å². The Morgan fingerprint density at radius 1 is 1.09 bits per heavy atom. The number of aromatic nitrogens is 1. The summed E-state index contributed by atoms with van der Waals surface area (Å²) in [6.07, 6.45) is -1.88. The fourth-order valence-corrected chi connectivity index (χ4v) is 4.93. The second kappa shape index (κ2) is 8.93. The normalized spacial score (nSPS) is 18.2. The van der Waals surface area contributed by atoms with Crippen molar-refractivity contribution in [3.05, 3.63) is 45.5 Å². The monoisotopic (exact) mass is 469 g/mol. The molecule has 2 aliphatic rings. The van der Waals surface area contributed by atoms with E-state index in [2.05, 4.69) is 9.88 Å². The molecule has 2 aliphatic heterocycles. The fourth-order valence-electron chi connectivity index (χ4n) is 4.23. The Morgan fingerprint density at radius 2 is 1.78 bits per heavy atom. The number of halogens is 3. The van der Waals surface area contributed by atoms with Crippen molar-refractivity contribution < 1.29 is 22.9 Å². The summed E-state index contributed by atoms with van der Waals surface area (Å²) in [5.41, 5.74) is -1.45. The van der Waals surface area contributed by atoms with Gasteiger partial charge in [0.25, 0.3) is 5.69 Å². The zero-order valence-corrected chi connectivity index (χ0v) is 17.9. The lowest BCUT2D eigenvalue weighted by atomic mass is 9.94. The Hall–Kier alpha value is -2.89. The molecule has 2 aromatic rings. The van der Waals surface area contributed by atoms with Crippen molar-refractivity contribution in [2.24, 2.45) is 5.92 Å². The molecule has 0 aliphatic carbocycles. The number of hydrogen-bond acceptors (Lipinski definition) is 7. The van der Waals surface area contributed by atoms with E-state index in [9.17, 15) is 28.1 Å². The summed E-state index contributed by atoms with van der Waals surface area (Å²) in [5.74, 6) is -0.114. The van der Waals surface area contributed by atoms with E-state index in [1.54, 1.807) is 22.4 Å². The minimum atomic E-state index is -4.65. The van der Waals surface area contributed by atoms with E-state index in [0.29, 0.717) is 45.1 Å². The number of nitro benzene ring substituents is 1. The van der Waals surface area contributed by atoms with E-state index < -0.39 is 22.4 Å². The maximum Gasteiger partial charge on any atom is 0.416 e. The molecule has 2 fully saturated rings. The topological polar surface area (TPSA) is 82.8 Å². The summed E-state index contributed by atoms with van der Waals surface area (Å²) in [4.78, 5) is 33.6. The fraction of sp³-hybridized carbons (Fsp3) is 0.500. The molecule has 1 amide bonds. The first kappa shape index (κ1) is 22.3. The quantitative estimate of drug-likeness (QED) is 0.502. The molecule has 0 atom stereocenters. The van der Waals surface area contributed by atoms with Crippen LogP contribution in [-0.2, 0) is 11.0 Å². The van der Waals surface area contributed by atoms with E-state index in [0.717, 1.165) is 30.4 Å². The van der Waals surface area contributed by atoms with Crippen LogP contribution in [0.3, 0.4) is 0 Å². The van der Waals surface area contributed by atoms with Gasteiger partial charge in [-0.2, -0.15) is 13.2 Å². The van der Waals surface area contributed by atoms with Gasteiger partial charge in [0, 0.05) is 62.8 Å². The van der Waals surface area contributed by atoms with E-state index in [1.165, 1.54) is 0 Å². The maximum atomic E-state index is 13.0.